The third-order valence-electron chi connectivity index (χ3n) is 5.77. The first-order valence-electron chi connectivity index (χ1n) is 8.64. The predicted molar refractivity (Wildman–Crippen MR) is 89.1 cm³/mol. The van der Waals surface area contributed by atoms with Crippen LogP contribution in [0, 0.1) is 5.41 Å². The molecular formula is C17H37N3. The molecule has 0 saturated heterocycles. The molecule has 2 N–H and O–H groups in total. The number of likely N-dealkylation sites (N-methyl/N-ethyl adjacent to an activating group) is 1. The standard InChI is InChI=1S/C17H37N3/c1-6-19(7-2)13-10-14-20(8-3)17(15-18)12-9-11-16(17,4)5/h6-15,18H2,1-5H3. The Morgan fingerprint density at radius 3 is 2.00 bits per heavy atom. The van der Waals surface area contributed by atoms with Gasteiger partial charge in [-0.3, -0.25) is 4.90 Å². The van der Waals surface area contributed by atoms with E-state index in [4.69, 9.17) is 5.73 Å². The fourth-order valence-corrected chi connectivity index (χ4v) is 4.19. The summed E-state index contributed by atoms with van der Waals surface area (Å²) < 4.78 is 0. The van der Waals surface area contributed by atoms with Crippen molar-refractivity contribution >= 4 is 0 Å². The predicted octanol–water partition coefficient (Wildman–Crippen LogP) is 2.95. The Balaban J connectivity index is 2.64. The summed E-state index contributed by atoms with van der Waals surface area (Å²) in [5, 5.41) is 0. The lowest BCUT2D eigenvalue weighted by Gasteiger charge is -2.49. The molecular weight excluding hydrogens is 246 g/mol. The fourth-order valence-electron chi connectivity index (χ4n) is 4.19. The average Bonchev–Trinajstić information content (AvgIpc) is 2.75. The van der Waals surface area contributed by atoms with Crippen molar-refractivity contribution in [3.8, 4) is 0 Å². The maximum absolute atomic E-state index is 6.25. The van der Waals surface area contributed by atoms with Crippen LogP contribution < -0.4 is 5.73 Å². The van der Waals surface area contributed by atoms with E-state index in [9.17, 15) is 0 Å². The van der Waals surface area contributed by atoms with Crippen LogP contribution in [0.4, 0.5) is 0 Å². The molecule has 1 aliphatic carbocycles. The Morgan fingerprint density at radius 2 is 1.60 bits per heavy atom. The molecule has 1 unspecified atom stereocenters. The molecule has 120 valence electrons. The molecule has 0 aromatic heterocycles. The summed E-state index contributed by atoms with van der Waals surface area (Å²) in [6.45, 7) is 18.3. The van der Waals surface area contributed by atoms with E-state index in [2.05, 4.69) is 44.4 Å². The highest BCUT2D eigenvalue weighted by atomic mass is 15.2. The van der Waals surface area contributed by atoms with Crippen molar-refractivity contribution in [2.24, 2.45) is 11.1 Å². The summed E-state index contributed by atoms with van der Waals surface area (Å²) >= 11 is 0. The second-order valence-corrected chi connectivity index (χ2v) is 6.93. The Kier molecular flexibility index (Phi) is 6.96. The van der Waals surface area contributed by atoms with Crippen molar-refractivity contribution < 1.29 is 0 Å². The van der Waals surface area contributed by atoms with Gasteiger partial charge in [0, 0.05) is 12.1 Å². The number of nitrogens with two attached hydrogens (primary N) is 1. The molecule has 0 radical (unpaired) electrons. The van der Waals surface area contributed by atoms with Crippen LogP contribution in [-0.2, 0) is 0 Å². The van der Waals surface area contributed by atoms with Gasteiger partial charge in [-0.15, -0.1) is 0 Å². The van der Waals surface area contributed by atoms with Gasteiger partial charge in [-0.2, -0.15) is 0 Å². The van der Waals surface area contributed by atoms with Gasteiger partial charge < -0.3 is 10.6 Å². The highest BCUT2D eigenvalue weighted by molar-refractivity contribution is 5.06. The lowest BCUT2D eigenvalue weighted by Crippen LogP contribution is -2.60. The Hall–Kier alpha value is -0.120. The molecule has 0 bridgehead atoms. The zero-order valence-electron chi connectivity index (χ0n) is 14.5. The smallest absolute Gasteiger partial charge is 0.0382 e. The van der Waals surface area contributed by atoms with Crippen LogP contribution in [0.5, 0.6) is 0 Å². The third kappa shape index (κ3) is 3.55. The van der Waals surface area contributed by atoms with Crippen LogP contribution in [-0.4, -0.2) is 54.6 Å². The minimum absolute atomic E-state index is 0.227. The molecule has 1 rings (SSSR count). The number of nitrogens with zero attached hydrogens (tertiary/aromatic N) is 2. The Labute approximate surface area is 126 Å². The zero-order chi connectivity index (χ0) is 15.2. The van der Waals surface area contributed by atoms with Gasteiger partial charge in [-0.1, -0.05) is 41.0 Å². The van der Waals surface area contributed by atoms with E-state index >= 15 is 0 Å². The van der Waals surface area contributed by atoms with Crippen LogP contribution >= 0.6 is 0 Å². The van der Waals surface area contributed by atoms with Crippen molar-refractivity contribution in [1.82, 2.24) is 9.80 Å². The van der Waals surface area contributed by atoms with Gasteiger partial charge in [0.1, 0.15) is 0 Å². The van der Waals surface area contributed by atoms with Crippen LogP contribution in [0.1, 0.15) is 60.3 Å². The largest absolute Gasteiger partial charge is 0.329 e. The van der Waals surface area contributed by atoms with E-state index in [0.29, 0.717) is 5.41 Å². The van der Waals surface area contributed by atoms with Gasteiger partial charge in [-0.25, -0.2) is 0 Å². The van der Waals surface area contributed by atoms with Crippen LogP contribution in [0.2, 0.25) is 0 Å². The summed E-state index contributed by atoms with van der Waals surface area (Å²) in [5.74, 6) is 0. The Morgan fingerprint density at radius 1 is 0.950 bits per heavy atom. The fraction of sp³-hybridized carbons (Fsp3) is 1.00. The van der Waals surface area contributed by atoms with Crippen LogP contribution in [0.15, 0.2) is 0 Å². The molecule has 20 heavy (non-hydrogen) atoms. The molecule has 0 aromatic carbocycles. The molecule has 1 fully saturated rings. The van der Waals surface area contributed by atoms with Crippen LogP contribution in [0.25, 0.3) is 0 Å². The number of hydrogen-bond donors (Lipinski definition) is 1. The van der Waals surface area contributed by atoms with Crippen molar-refractivity contribution in [2.75, 3.05) is 39.3 Å². The van der Waals surface area contributed by atoms with Gasteiger partial charge in [0.15, 0.2) is 0 Å². The van der Waals surface area contributed by atoms with Crippen molar-refractivity contribution in [1.29, 1.82) is 0 Å². The molecule has 3 heteroatoms. The first-order valence-corrected chi connectivity index (χ1v) is 8.64. The molecule has 0 aromatic rings. The molecule has 1 aliphatic rings. The summed E-state index contributed by atoms with van der Waals surface area (Å²) in [7, 11) is 0. The van der Waals surface area contributed by atoms with E-state index in [1.807, 2.05) is 0 Å². The summed E-state index contributed by atoms with van der Waals surface area (Å²) in [5.41, 5.74) is 6.83. The highest BCUT2D eigenvalue weighted by Gasteiger charge is 2.50. The SMILES string of the molecule is CCN(CC)CCCN(CC)C1(CN)CCCC1(C)C. The normalized spacial score (nSPS) is 25.8. The van der Waals surface area contributed by atoms with E-state index in [1.54, 1.807) is 0 Å². The summed E-state index contributed by atoms with van der Waals surface area (Å²) in [6.07, 6.45) is 5.18. The lowest BCUT2D eigenvalue weighted by molar-refractivity contribution is 0.0140. The topological polar surface area (TPSA) is 32.5 Å². The minimum atomic E-state index is 0.227. The third-order valence-corrected chi connectivity index (χ3v) is 5.77. The van der Waals surface area contributed by atoms with Gasteiger partial charge >= 0.3 is 0 Å². The quantitative estimate of drug-likeness (QED) is 0.706. The van der Waals surface area contributed by atoms with Crippen molar-refractivity contribution in [3.05, 3.63) is 0 Å². The van der Waals surface area contributed by atoms with Crippen molar-refractivity contribution in [2.45, 2.75) is 65.8 Å². The molecule has 0 aliphatic heterocycles. The average molecular weight is 284 g/mol. The van der Waals surface area contributed by atoms with E-state index < -0.39 is 0 Å². The maximum atomic E-state index is 6.25. The van der Waals surface area contributed by atoms with E-state index in [-0.39, 0.29) is 5.54 Å². The number of rotatable bonds is 9. The van der Waals surface area contributed by atoms with E-state index in [0.717, 1.165) is 26.2 Å². The maximum Gasteiger partial charge on any atom is 0.0382 e. The lowest BCUT2D eigenvalue weighted by atomic mass is 9.73. The first-order chi connectivity index (χ1) is 9.47. The Bertz CT molecular complexity index is 273. The molecule has 0 spiro atoms. The summed E-state index contributed by atoms with van der Waals surface area (Å²) in [6, 6.07) is 0. The highest BCUT2D eigenvalue weighted by Crippen LogP contribution is 2.49. The molecule has 1 saturated carbocycles. The first kappa shape index (κ1) is 17.9. The molecule has 0 heterocycles. The second kappa shape index (κ2) is 7.77. The van der Waals surface area contributed by atoms with Crippen molar-refractivity contribution in [3.63, 3.8) is 0 Å². The van der Waals surface area contributed by atoms with Gasteiger partial charge in [-0.05, 0) is 57.4 Å². The van der Waals surface area contributed by atoms with E-state index in [1.165, 1.54) is 38.8 Å². The molecule has 0 amide bonds. The zero-order valence-corrected chi connectivity index (χ0v) is 14.5. The van der Waals surface area contributed by atoms with Gasteiger partial charge in [0.25, 0.3) is 0 Å². The van der Waals surface area contributed by atoms with Crippen LogP contribution in [0.3, 0.4) is 0 Å². The molecule has 3 nitrogen and oxygen atoms in total. The summed E-state index contributed by atoms with van der Waals surface area (Å²) in [4.78, 5) is 5.20. The number of hydrogen-bond acceptors (Lipinski definition) is 3. The minimum Gasteiger partial charge on any atom is -0.329 e. The molecule has 1 atom stereocenters. The second-order valence-electron chi connectivity index (χ2n) is 6.93. The van der Waals surface area contributed by atoms with Gasteiger partial charge in [0.2, 0.25) is 0 Å². The van der Waals surface area contributed by atoms with Gasteiger partial charge in [0.05, 0.1) is 0 Å². The monoisotopic (exact) mass is 283 g/mol.